The first-order chi connectivity index (χ1) is 10.4. The van der Waals surface area contributed by atoms with Gasteiger partial charge in [0.05, 0.1) is 11.4 Å². The van der Waals surface area contributed by atoms with E-state index in [4.69, 9.17) is 0 Å². The highest BCUT2D eigenvalue weighted by Crippen LogP contribution is 2.28. The summed E-state index contributed by atoms with van der Waals surface area (Å²) in [6, 6.07) is 5.95. The van der Waals surface area contributed by atoms with Crippen molar-refractivity contribution in [2.75, 3.05) is 6.54 Å². The minimum Gasteiger partial charge on any atom is -0.311 e. The molecule has 112 valence electrons. The van der Waals surface area contributed by atoms with Gasteiger partial charge in [0.25, 0.3) is 0 Å². The molecule has 3 rings (SSSR count). The van der Waals surface area contributed by atoms with Crippen LogP contribution in [0.5, 0.6) is 0 Å². The van der Waals surface area contributed by atoms with Crippen LogP contribution in [0.3, 0.4) is 0 Å². The number of hydrogen-bond acceptors (Lipinski definition) is 4. The first-order valence-electron chi connectivity index (χ1n) is 7.98. The van der Waals surface area contributed by atoms with Crippen LogP contribution in [-0.2, 0) is 6.54 Å². The number of thiazole rings is 1. The zero-order valence-electron chi connectivity index (χ0n) is 12.4. The topological polar surface area (TPSA) is 37.8 Å². The van der Waals surface area contributed by atoms with Gasteiger partial charge in [-0.15, -0.1) is 11.3 Å². The molecular formula is C17H23N3S. The molecule has 0 radical (unpaired) electrons. The maximum Gasteiger partial charge on any atom is 0.142 e. The van der Waals surface area contributed by atoms with Crippen LogP contribution in [0.15, 0.2) is 29.8 Å². The summed E-state index contributed by atoms with van der Waals surface area (Å²) >= 11 is 1.67. The van der Waals surface area contributed by atoms with E-state index < -0.39 is 0 Å². The number of rotatable bonds is 7. The highest BCUT2D eigenvalue weighted by Gasteiger charge is 2.13. The Kier molecular flexibility index (Phi) is 5.35. The molecule has 21 heavy (non-hydrogen) atoms. The van der Waals surface area contributed by atoms with Crippen LogP contribution in [0.1, 0.15) is 44.2 Å². The SMILES string of the molecule is c1ccc(-c2nc(CNCCCC3CCCC3)cs2)nc1. The van der Waals surface area contributed by atoms with E-state index in [9.17, 15) is 0 Å². The van der Waals surface area contributed by atoms with Gasteiger partial charge in [0.2, 0.25) is 0 Å². The molecule has 2 heterocycles. The van der Waals surface area contributed by atoms with Gasteiger partial charge in [0, 0.05) is 18.1 Å². The third-order valence-electron chi connectivity index (χ3n) is 4.18. The van der Waals surface area contributed by atoms with Crippen molar-refractivity contribution < 1.29 is 0 Å². The van der Waals surface area contributed by atoms with Crippen molar-refractivity contribution in [2.45, 2.75) is 45.1 Å². The summed E-state index contributed by atoms with van der Waals surface area (Å²) in [4.78, 5) is 8.99. The lowest BCUT2D eigenvalue weighted by molar-refractivity contribution is 0.470. The third kappa shape index (κ3) is 4.35. The second kappa shape index (κ2) is 7.66. The second-order valence-corrected chi connectivity index (χ2v) is 6.69. The molecule has 0 bridgehead atoms. The number of aromatic nitrogens is 2. The third-order valence-corrected chi connectivity index (χ3v) is 5.10. The Balaban J connectivity index is 1.39. The zero-order chi connectivity index (χ0) is 14.3. The van der Waals surface area contributed by atoms with Gasteiger partial charge >= 0.3 is 0 Å². The standard InChI is InChI=1S/C17H23N3S/c1-2-7-14(6-1)8-5-10-18-12-15-13-21-17(20-15)16-9-3-4-11-19-16/h3-4,9,11,13-14,18H,1-2,5-8,10,12H2. The van der Waals surface area contributed by atoms with Gasteiger partial charge < -0.3 is 5.32 Å². The Morgan fingerprint density at radius 1 is 1.24 bits per heavy atom. The van der Waals surface area contributed by atoms with Gasteiger partial charge in [-0.05, 0) is 37.4 Å². The maximum atomic E-state index is 4.65. The molecule has 0 unspecified atom stereocenters. The lowest BCUT2D eigenvalue weighted by atomic mass is 10.0. The van der Waals surface area contributed by atoms with Crippen molar-refractivity contribution in [1.29, 1.82) is 0 Å². The van der Waals surface area contributed by atoms with E-state index in [0.29, 0.717) is 0 Å². The van der Waals surface area contributed by atoms with Crippen LogP contribution in [0.25, 0.3) is 10.7 Å². The van der Waals surface area contributed by atoms with Crippen molar-refractivity contribution in [3.05, 3.63) is 35.5 Å². The second-order valence-electron chi connectivity index (χ2n) is 5.83. The molecule has 1 fully saturated rings. The van der Waals surface area contributed by atoms with E-state index in [2.05, 4.69) is 20.7 Å². The van der Waals surface area contributed by atoms with Crippen LogP contribution in [0.4, 0.5) is 0 Å². The zero-order valence-corrected chi connectivity index (χ0v) is 13.2. The summed E-state index contributed by atoms with van der Waals surface area (Å²) in [6.45, 7) is 1.97. The molecule has 0 aromatic carbocycles. The molecule has 3 nitrogen and oxygen atoms in total. The van der Waals surface area contributed by atoms with Crippen LogP contribution in [0, 0.1) is 5.92 Å². The van der Waals surface area contributed by atoms with Crippen LogP contribution in [-0.4, -0.2) is 16.5 Å². The van der Waals surface area contributed by atoms with Gasteiger partial charge in [0.1, 0.15) is 5.01 Å². The molecule has 1 N–H and O–H groups in total. The highest BCUT2D eigenvalue weighted by molar-refractivity contribution is 7.13. The van der Waals surface area contributed by atoms with Gasteiger partial charge in [-0.1, -0.05) is 31.7 Å². The molecule has 0 spiro atoms. The summed E-state index contributed by atoms with van der Waals surface area (Å²) in [5, 5.41) is 6.66. The van der Waals surface area contributed by atoms with E-state index in [1.807, 2.05) is 24.4 Å². The predicted molar refractivity (Wildman–Crippen MR) is 88.2 cm³/mol. The average Bonchev–Trinajstić information content (AvgIpc) is 3.19. The average molecular weight is 301 g/mol. The molecule has 4 heteroatoms. The van der Waals surface area contributed by atoms with E-state index in [1.54, 1.807) is 11.3 Å². The Labute approximate surface area is 130 Å². The van der Waals surface area contributed by atoms with Gasteiger partial charge in [-0.3, -0.25) is 4.98 Å². The predicted octanol–water partition coefficient (Wildman–Crippen LogP) is 4.27. The molecular weight excluding hydrogens is 278 g/mol. The number of pyridine rings is 1. The monoisotopic (exact) mass is 301 g/mol. The lowest BCUT2D eigenvalue weighted by Crippen LogP contribution is -2.15. The van der Waals surface area contributed by atoms with Gasteiger partial charge in [-0.25, -0.2) is 4.98 Å². The van der Waals surface area contributed by atoms with Crippen molar-refractivity contribution in [1.82, 2.24) is 15.3 Å². The van der Waals surface area contributed by atoms with Gasteiger partial charge in [0.15, 0.2) is 0 Å². The van der Waals surface area contributed by atoms with E-state index in [0.717, 1.165) is 35.4 Å². The smallest absolute Gasteiger partial charge is 0.142 e. The Morgan fingerprint density at radius 3 is 2.95 bits per heavy atom. The maximum absolute atomic E-state index is 4.65. The first-order valence-corrected chi connectivity index (χ1v) is 8.86. The number of nitrogens with one attached hydrogen (secondary N) is 1. The number of nitrogens with zero attached hydrogens (tertiary/aromatic N) is 2. The highest BCUT2D eigenvalue weighted by atomic mass is 32.1. The minimum absolute atomic E-state index is 0.869. The molecule has 0 amide bonds. The van der Waals surface area contributed by atoms with Crippen molar-refractivity contribution >= 4 is 11.3 Å². The molecule has 0 atom stereocenters. The molecule has 0 aliphatic heterocycles. The first kappa shape index (κ1) is 14.7. The quantitative estimate of drug-likeness (QED) is 0.776. The Morgan fingerprint density at radius 2 is 2.14 bits per heavy atom. The fourth-order valence-corrected chi connectivity index (χ4v) is 3.82. The summed E-state index contributed by atoms with van der Waals surface area (Å²) in [6.07, 6.45) is 10.3. The van der Waals surface area contributed by atoms with E-state index in [-0.39, 0.29) is 0 Å². The minimum atomic E-state index is 0.869. The Hall–Kier alpha value is -1.26. The van der Waals surface area contributed by atoms with E-state index in [1.165, 1.54) is 38.5 Å². The summed E-state index contributed by atoms with van der Waals surface area (Å²) < 4.78 is 0. The van der Waals surface area contributed by atoms with Crippen molar-refractivity contribution in [3.63, 3.8) is 0 Å². The molecule has 1 aliphatic rings. The van der Waals surface area contributed by atoms with Crippen LogP contribution >= 0.6 is 11.3 Å². The summed E-state index contributed by atoms with van der Waals surface area (Å²) in [5.41, 5.74) is 2.09. The summed E-state index contributed by atoms with van der Waals surface area (Å²) in [7, 11) is 0. The lowest BCUT2D eigenvalue weighted by Gasteiger charge is -2.08. The van der Waals surface area contributed by atoms with Crippen molar-refractivity contribution in [2.24, 2.45) is 5.92 Å². The fraction of sp³-hybridized carbons (Fsp3) is 0.529. The molecule has 0 saturated heterocycles. The van der Waals surface area contributed by atoms with E-state index >= 15 is 0 Å². The number of hydrogen-bond donors (Lipinski definition) is 1. The largest absolute Gasteiger partial charge is 0.311 e. The fourth-order valence-electron chi connectivity index (χ4n) is 3.03. The van der Waals surface area contributed by atoms with Gasteiger partial charge in [-0.2, -0.15) is 0 Å². The van der Waals surface area contributed by atoms with Crippen molar-refractivity contribution in [3.8, 4) is 10.7 Å². The van der Waals surface area contributed by atoms with Crippen LogP contribution in [0.2, 0.25) is 0 Å². The molecule has 2 aromatic rings. The molecule has 1 saturated carbocycles. The normalized spacial score (nSPS) is 15.6. The Bertz CT molecular complexity index is 532. The molecule has 1 aliphatic carbocycles. The summed E-state index contributed by atoms with van der Waals surface area (Å²) in [5.74, 6) is 1.00. The molecule has 2 aromatic heterocycles. The van der Waals surface area contributed by atoms with Crippen LogP contribution < -0.4 is 5.32 Å².